The van der Waals surface area contributed by atoms with Gasteiger partial charge in [0.05, 0.1) is 5.69 Å². The fourth-order valence-electron chi connectivity index (χ4n) is 4.79. The fraction of sp³-hybridized carbons (Fsp3) is 0.111. The number of rotatable bonds is 2. The predicted molar refractivity (Wildman–Crippen MR) is 121 cm³/mol. The first kappa shape index (κ1) is 16.4. The van der Waals surface area contributed by atoms with E-state index in [2.05, 4.69) is 79.8 Å². The SMILES string of the molecule is Cc1cc2c(c(C)c1Nc1cccc3c1oc1ccccc13)Cc1ccccc1-2. The van der Waals surface area contributed by atoms with Crippen LogP contribution in [-0.4, -0.2) is 0 Å². The number of furan rings is 1. The van der Waals surface area contributed by atoms with Crippen LogP contribution in [0.4, 0.5) is 11.4 Å². The molecule has 0 aliphatic heterocycles. The predicted octanol–water partition coefficient (Wildman–Crippen LogP) is 7.52. The molecule has 0 saturated carbocycles. The number of anilines is 2. The highest BCUT2D eigenvalue weighted by Gasteiger charge is 2.23. The number of nitrogens with one attached hydrogen (secondary N) is 1. The van der Waals surface area contributed by atoms with Gasteiger partial charge < -0.3 is 9.73 Å². The van der Waals surface area contributed by atoms with E-state index >= 15 is 0 Å². The molecule has 1 N–H and O–H groups in total. The Balaban J connectivity index is 1.50. The third kappa shape index (κ3) is 2.35. The van der Waals surface area contributed by atoms with Gasteiger partial charge in [-0.3, -0.25) is 0 Å². The summed E-state index contributed by atoms with van der Waals surface area (Å²) in [5.74, 6) is 0. The van der Waals surface area contributed by atoms with Crippen LogP contribution >= 0.6 is 0 Å². The van der Waals surface area contributed by atoms with Crippen LogP contribution < -0.4 is 5.32 Å². The first-order valence-corrected chi connectivity index (χ1v) is 10.1. The molecule has 0 atom stereocenters. The number of hydrogen-bond acceptors (Lipinski definition) is 2. The Bertz CT molecular complexity index is 1420. The summed E-state index contributed by atoms with van der Waals surface area (Å²) in [4.78, 5) is 0. The fourth-order valence-corrected chi connectivity index (χ4v) is 4.79. The average Bonchev–Trinajstić information content (AvgIpc) is 3.30. The summed E-state index contributed by atoms with van der Waals surface area (Å²) in [5.41, 5.74) is 12.2. The molecule has 1 aromatic heterocycles. The van der Waals surface area contributed by atoms with Crippen molar-refractivity contribution >= 4 is 33.3 Å². The minimum absolute atomic E-state index is 0.913. The van der Waals surface area contributed by atoms with Gasteiger partial charge in [0.2, 0.25) is 0 Å². The van der Waals surface area contributed by atoms with Gasteiger partial charge in [0, 0.05) is 16.5 Å². The van der Waals surface area contributed by atoms with Crippen LogP contribution in [0, 0.1) is 13.8 Å². The van der Waals surface area contributed by atoms with Crippen molar-refractivity contribution in [2.45, 2.75) is 20.3 Å². The second kappa shape index (κ2) is 5.99. The van der Waals surface area contributed by atoms with E-state index in [-0.39, 0.29) is 0 Å². The summed E-state index contributed by atoms with van der Waals surface area (Å²) in [6, 6.07) is 25.6. The van der Waals surface area contributed by atoms with Crippen molar-refractivity contribution in [3.63, 3.8) is 0 Å². The van der Waals surface area contributed by atoms with Crippen LogP contribution in [-0.2, 0) is 6.42 Å². The molecule has 0 amide bonds. The first-order chi connectivity index (χ1) is 14.2. The van der Waals surface area contributed by atoms with E-state index in [1.807, 2.05) is 12.1 Å². The molecule has 2 nitrogen and oxygen atoms in total. The summed E-state index contributed by atoms with van der Waals surface area (Å²) in [5, 5.41) is 6.01. The van der Waals surface area contributed by atoms with Gasteiger partial charge in [-0.05, 0) is 71.8 Å². The Kier molecular flexibility index (Phi) is 3.39. The molecule has 2 heteroatoms. The summed E-state index contributed by atoms with van der Waals surface area (Å²) in [7, 11) is 0. The van der Waals surface area contributed by atoms with E-state index in [0.717, 1.165) is 34.0 Å². The van der Waals surface area contributed by atoms with Crippen LogP contribution in [0.5, 0.6) is 0 Å². The standard InChI is InChI=1S/C27H21NO/c1-16-14-23-19-9-4-3-8-18(19)15-22(23)17(2)26(16)28-24-12-7-11-21-20-10-5-6-13-25(20)29-27(21)24/h3-14,28H,15H2,1-2H3. The van der Waals surface area contributed by atoms with E-state index in [1.165, 1.54) is 39.1 Å². The molecule has 1 heterocycles. The third-order valence-corrected chi connectivity index (χ3v) is 6.25. The van der Waals surface area contributed by atoms with Gasteiger partial charge in [-0.25, -0.2) is 0 Å². The highest BCUT2D eigenvalue weighted by Crippen LogP contribution is 2.43. The minimum atomic E-state index is 0.913. The molecule has 0 saturated heterocycles. The van der Waals surface area contributed by atoms with Gasteiger partial charge in [-0.1, -0.05) is 54.6 Å². The zero-order valence-corrected chi connectivity index (χ0v) is 16.5. The Hall–Kier alpha value is -3.52. The van der Waals surface area contributed by atoms with Gasteiger partial charge in [-0.2, -0.15) is 0 Å². The van der Waals surface area contributed by atoms with Crippen molar-refractivity contribution in [1.29, 1.82) is 0 Å². The molecule has 6 rings (SSSR count). The zero-order chi connectivity index (χ0) is 19.5. The molecule has 140 valence electrons. The van der Waals surface area contributed by atoms with Crippen LogP contribution in [0.2, 0.25) is 0 Å². The smallest absolute Gasteiger partial charge is 0.158 e. The second-order valence-electron chi connectivity index (χ2n) is 7.96. The van der Waals surface area contributed by atoms with Crippen molar-refractivity contribution in [2.24, 2.45) is 0 Å². The van der Waals surface area contributed by atoms with Gasteiger partial charge in [0.1, 0.15) is 5.58 Å². The van der Waals surface area contributed by atoms with Crippen molar-refractivity contribution in [1.82, 2.24) is 0 Å². The van der Waals surface area contributed by atoms with Crippen molar-refractivity contribution in [2.75, 3.05) is 5.32 Å². The molecule has 29 heavy (non-hydrogen) atoms. The quantitative estimate of drug-likeness (QED) is 0.338. The third-order valence-electron chi connectivity index (χ3n) is 6.25. The van der Waals surface area contributed by atoms with Gasteiger partial charge in [0.15, 0.2) is 5.58 Å². The average molecular weight is 375 g/mol. The maximum Gasteiger partial charge on any atom is 0.158 e. The van der Waals surface area contributed by atoms with E-state index in [0.29, 0.717) is 0 Å². The minimum Gasteiger partial charge on any atom is -0.454 e. The van der Waals surface area contributed by atoms with Gasteiger partial charge in [0.25, 0.3) is 0 Å². The van der Waals surface area contributed by atoms with Crippen LogP contribution in [0.1, 0.15) is 22.3 Å². The number of fused-ring (bicyclic) bond motifs is 6. The Labute approximate surface area is 169 Å². The highest BCUT2D eigenvalue weighted by atomic mass is 16.3. The maximum atomic E-state index is 6.22. The molecular weight excluding hydrogens is 354 g/mol. The lowest BCUT2D eigenvalue weighted by atomic mass is 9.96. The first-order valence-electron chi connectivity index (χ1n) is 10.1. The van der Waals surface area contributed by atoms with Crippen molar-refractivity contribution in [3.05, 3.63) is 95.1 Å². The molecule has 0 spiro atoms. The molecule has 1 aliphatic carbocycles. The summed E-state index contributed by atoms with van der Waals surface area (Å²) in [6.07, 6.45) is 1.00. The lowest BCUT2D eigenvalue weighted by Crippen LogP contribution is -2.00. The molecule has 1 aliphatic rings. The number of aryl methyl sites for hydroxylation is 1. The van der Waals surface area contributed by atoms with Gasteiger partial charge >= 0.3 is 0 Å². The number of hydrogen-bond donors (Lipinski definition) is 1. The highest BCUT2D eigenvalue weighted by molar-refractivity contribution is 6.09. The molecule has 0 fully saturated rings. The normalized spacial score (nSPS) is 12.3. The largest absolute Gasteiger partial charge is 0.454 e. The number of benzene rings is 4. The van der Waals surface area contributed by atoms with E-state index in [4.69, 9.17) is 4.42 Å². The van der Waals surface area contributed by atoms with Crippen molar-refractivity contribution < 1.29 is 4.42 Å². The molecule has 0 bridgehead atoms. The van der Waals surface area contributed by atoms with Gasteiger partial charge in [-0.15, -0.1) is 0 Å². The van der Waals surface area contributed by atoms with Crippen LogP contribution in [0.15, 0.2) is 77.2 Å². The van der Waals surface area contributed by atoms with Crippen LogP contribution in [0.25, 0.3) is 33.1 Å². The van der Waals surface area contributed by atoms with E-state index in [9.17, 15) is 0 Å². The Morgan fingerprint density at radius 3 is 2.52 bits per heavy atom. The molecular formula is C27H21NO. The monoisotopic (exact) mass is 375 g/mol. The van der Waals surface area contributed by atoms with Crippen LogP contribution in [0.3, 0.4) is 0 Å². The summed E-state index contributed by atoms with van der Waals surface area (Å²) in [6.45, 7) is 4.42. The van der Waals surface area contributed by atoms with E-state index < -0.39 is 0 Å². The molecule has 4 aromatic carbocycles. The Morgan fingerprint density at radius 1 is 0.793 bits per heavy atom. The summed E-state index contributed by atoms with van der Waals surface area (Å²) >= 11 is 0. The molecule has 5 aromatic rings. The summed E-state index contributed by atoms with van der Waals surface area (Å²) < 4.78 is 6.22. The topological polar surface area (TPSA) is 25.2 Å². The molecule has 0 radical (unpaired) electrons. The van der Waals surface area contributed by atoms with Crippen molar-refractivity contribution in [3.8, 4) is 11.1 Å². The zero-order valence-electron chi connectivity index (χ0n) is 16.5. The maximum absolute atomic E-state index is 6.22. The lowest BCUT2D eigenvalue weighted by Gasteiger charge is -2.17. The lowest BCUT2D eigenvalue weighted by molar-refractivity contribution is 0.670. The number of para-hydroxylation sites is 2. The Morgan fingerprint density at radius 2 is 1.59 bits per heavy atom. The second-order valence-corrected chi connectivity index (χ2v) is 7.96. The van der Waals surface area contributed by atoms with E-state index in [1.54, 1.807) is 0 Å². The molecule has 0 unspecified atom stereocenters.